The molecule has 2 N–H and O–H groups in total. The number of aryl methyl sites for hydroxylation is 1. The summed E-state index contributed by atoms with van der Waals surface area (Å²) in [5.41, 5.74) is 5.02. The molecule has 0 radical (unpaired) electrons. The van der Waals surface area contributed by atoms with Crippen LogP contribution in [0.3, 0.4) is 0 Å². The number of rotatable bonds is 6. The van der Waals surface area contributed by atoms with Crippen molar-refractivity contribution in [3.8, 4) is 5.75 Å². The van der Waals surface area contributed by atoms with E-state index in [0.29, 0.717) is 18.0 Å². The fraction of sp³-hybridized carbons (Fsp3) is 0.333. The standard InChI is InChI=1S/C24H26N2O4/c1-15-3-9-21-19(11-15)20-12-17(6-10-22(20)26-21)24(28)30-14-23(27)25-13-16-4-7-18(29-2)8-5-16/h4-8,10,12,15,26H,3,9,11,13-14H2,1-2H3,(H,25,27). The van der Waals surface area contributed by atoms with Crippen LogP contribution in [-0.2, 0) is 28.9 Å². The second-order valence-corrected chi connectivity index (χ2v) is 7.89. The molecule has 0 aliphatic heterocycles. The molecule has 0 fully saturated rings. The van der Waals surface area contributed by atoms with Crippen LogP contribution in [0.1, 0.15) is 40.5 Å². The van der Waals surface area contributed by atoms with E-state index in [1.807, 2.05) is 36.4 Å². The van der Waals surface area contributed by atoms with Gasteiger partial charge in [0.05, 0.1) is 12.7 Å². The van der Waals surface area contributed by atoms with E-state index < -0.39 is 5.97 Å². The minimum absolute atomic E-state index is 0.310. The highest BCUT2D eigenvalue weighted by Crippen LogP contribution is 2.32. The highest BCUT2D eigenvalue weighted by molar-refractivity contribution is 5.97. The van der Waals surface area contributed by atoms with Crippen LogP contribution in [0.5, 0.6) is 5.75 Å². The number of esters is 1. The van der Waals surface area contributed by atoms with Crippen molar-refractivity contribution in [2.24, 2.45) is 5.92 Å². The summed E-state index contributed by atoms with van der Waals surface area (Å²) in [5.74, 6) is 0.569. The number of fused-ring (bicyclic) bond motifs is 3. The molecule has 1 aliphatic carbocycles. The summed E-state index contributed by atoms with van der Waals surface area (Å²) in [5, 5.41) is 3.83. The second kappa shape index (κ2) is 8.61. The summed E-state index contributed by atoms with van der Waals surface area (Å²) < 4.78 is 10.3. The number of amides is 1. The molecular formula is C24H26N2O4. The molecule has 30 heavy (non-hydrogen) atoms. The van der Waals surface area contributed by atoms with Gasteiger partial charge in [0.2, 0.25) is 0 Å². The third kappa shape index (κ3) is 4.32. The number of carbonyl (C=O) groups excluding carboxylic acids is 2. The Bertz CT molecular complexity index is 1070. The van der Waals surface area contributed by atoms with Gasteiger partial charge >= 0.3 is 5.97 Å². The number of nitrogens with one attached hydrogen (secondary N) is 2. The quantitative estimate of drug-likeness (QED) is 0.611. The number of hydrogen-bond acceptors (Lipinski definition) is 4. The highest BCUT2D eigenvalue weighted by atomic mass is 16.5. The molecule has 1 aliphatic rings. The number of ether oxygens (including phenoxy) is 2. The van der Waals surface area contributed by atoms with Crippen LogP contribution < -0.4 is 10.1 Å². The zero-order chi connectivity index (χ0) is 21.1. The van der Waals surface area contributed by atoms with Crippen LogP contribution in [0.2, 0.25) is 0 Å². The Morgan fingerprint density at radius 3 is 2.73 bits per heavy atom. The maximum absolute atomic E-state index is 12.5. The van der Waals surface area contributed by atoms with Gasteiger partial charge in [-0.2, -0.15) is 0 Å². The predicted molar refractivity (Wildman–Crippen MR) is 115 cm³/mol. The molecule has 6 nitrogen and oxygen atoms in total. The smallest absolute Gasteiger partial charge is 0.338 e. The molecule has 0 saturated carbocycles. The number of aromatic nitrogens is 1. The van der Waals surface area contributed by atoms with Crippen molar-refractivity contribution >= 4 is 22.8 Å². The molecule has 4 rings (SSSR count). The molecule has 2 aromatic carbocycles. The minimum Gasteiger partial charge on any atom is -0.497 e. The molecule has 1 heterocycles. The van der Waals surface area contributed by atoms with Crippen LogP contribution in [0, 0.1) is 5.92 Å². The average molecular weight is 406 g/mol. The van der Waals surface area contributed by atoms with Gasteiger partial charge in [-0.05, 0) is 66.6 Å². The van der Waals surface area contributed by atoms with Crippen LogP contribution >= 0.6 is 0 Å². The molecule has 0 saturated heterocycles. The Labute approximate surface area is 175 Å². The van der Waals surface area contributed by atoms with Crippen molar-refractivity contribution in [3.05, 3.63) is 64.8 Å². The van der Waals surface area contributed by atoms with Crippen molar-refractivity contribution in [1.82, 2.24) is 10.3 Å². The Balaban J connectivity index is 1.34. The van der Waals surface area contributed by atoms with Gasteiger partial charge in [0.25, 0.3) is 5.91 Å². The summed E-state index contributed by atoms with van der Waals surface area (Å²) in [6.45, 7) is 2.31. The third-order valence-electron chi connectivity index (χ3n) is 5.65. The Kier molecular flexibility index (Phi) is 5.74. The van der Waals surface area contributed by atoms with E-state index in [9.17, 15) is 9.59 Å². The van der Waals surface area contributed by atoms with Crippen molar-refractivity contribution in [3.63, 3.8) is 0 Å². The normalized spacial score (nSPS) is 15.5. The van der Waals surface area contributed by atoms with E-state index in [1.165, 1.54) is 17.7 Å². The highest BCUT2D eigenvalue weighted by Gasteiger charge is 2.21. The maximum Gasteiger partial charge on any atom is 0.338 e. The molecular weight excluding hydrogens is 380 g/mol. The zero-order valence-electron chi connectivity index (χ0n) is 17.3. The van der Waals surface area contributed by atoms with Gasteiger partial charge in [0.1, 0.15) is 5.75 Å². The Morgan fingerprint density at radius 1 is 1.17 bits per heavy atom. The first-order valence-corrected chi connectivity index (χ1v) is 10.2. The molecule has 3 aromatic rings. The van der Waals surface area contributed by atoms with Gasteiger partial charge in [0, 0.05) is 23.1 Å². The number of methoxy groups -OCH3 is 1. The lowest BCUT2D eigenvalue weighted by molar-refractivity contribution is -0.124. The van der Waals surface area contributed by atoms with Crippen LogP contribution in [0.15, 0.2) is 42.5 Å². The molecule has 1 aromatic heterocycles. The van der Waals surface area contributed by atoms with Gasteiger partial charge in [-0.1, -0.05) is 19.1 Å². The molecule has 0 bridgehead atoms. The average Bonchev–Trinajstić information content (AvgIpc) is 3.13. The van der Waals surface area contributed by atoms with E-state index in [4.69, 9.17) is 9.47 Å². The lowest BCUT2D eigenvalue weighted by Crippen LogP contribution is -2.28. The minimum atomic E-state index is -0.490. The van der Waals surface area contributed by atoms with Crippen LogP contribution in [0.25, 0.3) is 10.9 Å². The molecule has 156 valence electrons. The SMILES string of the molecule is COc1ccc(CNC(=O)COC(=O)c2ccc3[nH]c4c(c3c2)CC(C)CC4)cc1. The van der Waals surface area contributed by atoms with E-state index in [1.54, 1.807) is 13.2 Å². The summed E-state index contributed by atoms with van der Waals surface area (Å²) in [4.78, 5) is 28.0. The van der Waals surface area contributed by atoms with Gasteiger partial charge in [0.15, 0.2) is 6.61 Å². The van der Waals surface area contributed by atoms with Crippen LogP contribution in [0.4, 0.5) is 0 Å². The summed E-state index contributed by atoms with van der Waals surface area (Å²) in [7, 11) is 1.61. The lowest BCUT2D eigenvalue weighted by Gasteiger charge is -2.18. The van der Waals surface area contributed by atoms with Crippen molar-refractivity contribution in [1.29, 1.82) is 0 Å². The number of H-pyrrole nitrogens is 1. The lowest BCUT2D eigenvalue weighted by atomic mass is 9.87. The van der Waals surface area contributed by atoms with Gasteiger partial charge < -0.3 is 19.8 Å². The molecule has 1 unspecified atom stereocenters. The maximum atomic E-state index is 12.5. The number of hydrogen-bond donors (Lipinski definition) is 2. The topological polar surface area (TPSA) is 80.4 Å². The van der Waals surface area contributed by atoms with Gasteiger partial charge in [-0.25, -0.2) is 4.79 Å². The first-order chi connectivity index (χ1) is 14.5. The number of carbonyl (C=O) groups is 2. The molecule has 0 spiro atoms. The van der Waals surface area contributed by atoms with Crippen molar-refractivity contribution in [2.45, 2.75) is 32.7 Å². The Morgan fingerprint density at radius 2 is 1.97 bits per heavy atom. The molecule has 1 atom stereocenters. The van der Waals surface area contributed by atoms with E-state index in [-0.39, 0.29) is 12.5 Å². The summed E-state index contributed by atoms with van der Waals surface area (Å²) in [6.07, 6.45) is 3.24. The first-order valence-electron chi connectivity index (χ1n) is 10.2. The first kappa shape index (κ1) is 20.0. The van der Waals surface area contributed by atoms with Gasteiger partial charge in [-0.15, -0.1) is 0 Å². The van der Waals surface area contributed by atoms with Crippen molar-refractivity contribution in [2.75, 3.05) is 13.7 Å². The predicted octanol–water partition coefficient (Wildman–Crippen LogP) is 3.77. The van der Waals surface area contributed by atoms with Crippen molar-refractivity contribution < 1.29 is 19.1 Å². The van der Waals surface area contributed by atoms with Crippen LogP contribution in [-0.4, -0.2) is 30.6 Å². The monoisotopic (exact) mass is 406 g/mol. The second-order valence-electron chi connectivity index (χ2n) is 7.89. The Hall–Kier alpha value is -3.28. The fourth-order valence-corrected chi connectivity index (χ4v) is 3.93. The number of aromatic amines is 1. The summed E-state index contributed by atoms with van der Waals surface area (Å²) in [6, 6.07) is 12.9. The summed E-state index contributed by atoms with van der Waals surface area (Å²) >= 11 is 0. The largest absolute Gasteiger partial charge is 0.497 e. The molecule has 1 amide bonds. The molecule has 6 heteroatoms. The van der Waals surface area contributed by atoms with Gasteiger partial charge in [-0.3, -0.25) is 4.79 Å². The fourth-order valence-electron chi connectivity index (χ4n) is 3.93. The van der Waals surface area contributed by atoms with E-state index in [2.05, 4.69) is 17.2 Å². The zero-order valence-corrected chi connectivity index (χ0v) is 17.3. The third-order valence-corrected chi connectivity index (χ3v) is 5.65. The number of benzene rings is 2. The van der Waals surface area contributed by atoms with E-state index >= 15 is 0 Å². The van der Waals surface area contributed by atoms with E-state index in [0.717, 1.165) is 35.1 Å².